The molecular weight excluding hydrogens is 184 g/mol. The van der Waals surface area contributed by atoms with Crippen molar-refractivity contribution in [3.63, 3.8) is 0 Å². The van der Waals surface area contributed by atoms with Crippen LogP contribution in [0.4, 0.5) is 0 Å². The molecule has 0 aliphatic carbocycles. The summed E-state index contributed by atoms with van der Waals surface area (Å²) < 4.78 is 0. The minimum Gasteiger partial charge on any atom is -0.396 e. The lowest BCUT2D eigenvalue weighted by atomic mass is 10.1. The summed E-state index contributed by atoms with van der Waals surface area (Å²) in [6, 6.07) is 0.246. The Kier molecular flexibility index (Phi) is 3.84. The summed E-state index contributed by atoms with van der Waals surface area (Å²) in [6.45, 7) is 4.23. The number of aliphatic hydroxyl groups excluding tert-OH is 1. The lowest BCUT2D eigenvalue weighted by molar-refractivity contribution is 0.269. The van der Waals surface area contributed by atoms with E-state index >= 15 is 0 Å². The molecule has 4 heteroatoms. The molecule has 0 fully saturated rings. The average Bonchev–Trinajstić information content (AvgIpc) is 2.41. The highest BCUT2D eigenvalue weighted by atomic mass is 32.1. The number of hydrogen-bond donors (Lipinski definition) is 2. The van der Waals surface area contributed by atoms with Crippen LogP contribution in [0.15, 0.2) is 0 Å². The second-order valence-corrected chi connectivity index (χ2v) is 4.27. The van der Waals surface area contributed by atoms with Crippen molar-refractivity contribution in [3.05, 3.63) is 15.6 Å². The molecule has 0 bridgehead atoms. The first-order valence-electron chi connectivity index (χ1n) is 4.41. The quantitative estimate of drug-likeness (QED) is 0.772. The Morgan fingerprint density at radius 2 is 2.23 bits per heavy atom. The van der Waals surface area contributed by atoms with Crippen molar-refractivity contribution in [1.82, 2.24) is 10.3 Å². The highest BCUT2D eigenvalue weighted by molar-refractivity contribution is 7.11. The molecule has 13 heavy (non-hydrogen) atoms. The van der Waals surface area contributed by atoms with Gasteiger partial charge >= 0.3 is 0 Å². The molecule has 0 aliphatic heterocycles. The zero-order chi connectivity index (χ0) is 9.84. The van der Waals surface area contributed by atoms with Gasteiger partial charge in [-0.1, -0.05) is 0 Å². The highest BCUT2D eigenvalue weighted by Crippen LogP contribution is 2.26. The maximum atomic E-state index is 8.87. The summed E-state index contributed by atoms with van der Waals surface area (Å²) >= 11 is 1.70. The third kappa shape index (κ3) is 2.49. The Labute approximate surface area is 82.8 Å². The summed E-state index contributed by atoms with van der Waals surface area (Å²) in [7, 11) is 1.91. The van der Waals surface area contributed by atoms with Crippen LogP contribution in [0.3, 0.4) is 0 Å². The predicted octanol–water partition coefficient (Wildman–Crippen LogP) is 1.40. The van der Waals surface area contributed by atoms with E-state index in [0.717, 1.165) is 17.1 Å². The van der Waals surface area contributed by atoms with Gasteiger partial charge in [0.25, 0.3) is 0 Å². The summed E-state index contributed by atoms with van der Waals surface area (Å²) in [5.74, 6) is 0. The van der Waals surface area contributed by atoms with Gasteiger partial charge in [0.1, 0.15) is 0 Å². The van der Waals surface area contributed by atoms with Crippen LogP contribution >= 0.6 is 11.3 Å². The van der Waals surface area contributed by atoms with Gasteiger partial charge in [-0.15, -0.1) is 11.3 Å². The minimum absolute atomic E-state index is 0.210. The van der Waals surface area contributed by atoms with Crippen LogP contribution in [0.2, 0.25) is 0 Å². The molecule has 1 rings (SSSR count). The Hall–Kier alpha value is -0.450. The maximum Gasteiger partial charge on any atom is 0.0900 e. The molecule has 0 aliphatic rings. The van der Waals surface area contributed by atoms with Crippen LogP contribution < -0.4 is 5.32 Å². The molecule has 0 spiro atoms. The highest BCUT2D eigenvalue weighted by Gasteiger charge is 2.14. The molecule has 3 nitrogen and oxygen atoms in total. The molecule has 0 saturated heterocycles. The van der Waals surface area contributed by atoms with Crippen LogP contribution in [0.5, 0.6) is 0 Å². The van der Waals surface area contributed by atoms with Crippen molar-refractivity contribution in [2.75, 3.05) is 13.7 Å². The van der Waals surface area contributed by atoms with E-state index in [4.69, 9.17) is 5.11 Å². The normalized spacial score (nSPS) is 13.2. The smallest absolute Gasteiger partial charge is 0.0900 e. The van der Waals surface area contributed by atoms with Crippen LogP contribution in [0.1, 0.15) is 28.0 Å². The van der Waals surface area contributed by atoms with Gasteiger partial charge in [0.15, 0.2) is 0 Å². The minimum atomic E-state index is 0.210. The van der Waals surface area contributed by atoms with Crippen LogP contribution in [0, 0.1) is 13.8 Å². The zero-order valence-corrected chi connectivity index (χ0v) is 9.11. The number of nitrogens with one attached hydrogen (secondary N) is 1. The molecule has 0 saturated carbocycles. The SMILES string of the molecule is CNC(CCO)c1sc(C)nc1C. The molecule has 1 heterocycles. The van der Waals surface area contributed by atoms with E-state index < -0.39 is 0 Å². The van der Waals surface area contributed by atoms with Gasteiger partial charge in [-0.2, -0.15) is 0 Å². The Balaban J connectivity index is 2.83. The molecule has 74 valence electrons. The number of nitrogens with zero attached hydrogens (tertiary/aromatic N) is 1. The molecule has 1 aromatic heterocycles. The van der Waals surface area contributed by atoms with Gasteiger partial charge in [-0.25, -0.2) is 4.98 Å². The number of aliphatic hydroxyl groups is 1. The summed E-state index contributed by atoms with van der Waals surface area (Å²) in [6.07, 6.45) is 0.749. The van der Waals surface area contributed by atoms with E-state index in [1.165, 1.54) is 4.88 Å². The first kappa shape index (κ1) is 10.6. The van der Waals surface area contributed by atoms with Crippen molar-refractivity contribution in [2.24, 2.45) is 0 Å². The molecule has 1 unspecified atom stereocenters. The third-order valence-electron chi connectivity index (χ3n) is 2.02. The molecule has 2 N–H and O–H groups in total. The molecular formula is C9H16N2OS. The predicted molar refractivity (Wildman–Crippen MR) is 55.1 cm³/mol. The molecule has 1 aromatic rings. The summed E-state index contributed by atoms with van der Waals surface area (Å²) in [5.41, 5.74) is 1.08. The van der Waals surface area contributed by atoms with E-state index in [2.05, 4.69) is 10.3 Å². The fraction of sp³-hybridized carbons (Fsp3) is 0.667. The second-order valence-electron chi connectivity index (χ2n) is 3.04. The molecule has 0 radical (unpaired) electrons. The Bertz CT molecular complexity index is 273. The molecule has 1 atom stereocenters. The van der Waals surface area contributed by atoms with Gasteiger partial charge in [-0.3, -0.25) is 0 Å². The molecule has 0 aromatic carbocycles. The average molecular weight is 200 g/mol. The van der Waals surface area contributed by atoms with E-state index in [1.54, 1.807) is 11.3 Å². The number of hydrogen-bond acceptors (Lipinski definition) is 4. The Morgan fingerprint density at radius 3 is 2.62 bits per heavy atom. The lowest BCUT2D eigenvalue weighted by Crippen LogP contribution is -2.17. The van der Waals surface area contributed by atoms with Crippen LogP contribution in [-0.4, -0.2) is 23.7 Å². The van der Waals surface area contributed by atoms with Gasteiger partial charge in [-0.05, 0) is 27.3 Å². The largest absolute Gasteiger partial charge is 0.396 e. The molecule has 0 amide bonds. The monoisotopic (exact) mass is 200 g/mol. The standard InChI is InChI=1S/C9H16N2OS/c1-6-9(13-7(2)11-6)8(10-3)4-5-12/h8,10,12H,4-5H2,1-3H3. The van der Waals surface area contributed by atoms with Crippen molar-refractivity contribution in [1.29, 1.82) is 0 Å². The fourth-order valence-corrected chi connectivity index (χ4v) is 2.48. The van der Waals surface area contributed by atoms with E-state index in [-0.39, 0.29) is 12.6 Å². The van der Waals surface area contributed by atoms with Gasteiger partial charge < -0.3 is 10.4 Å². The van der Waals surface area contributed by atoms with Crippen molar-refractivity contribution in [2.45, 2.75) is 26.3 Å². The number of aryl methyl sites for hydroxylation is 2. The third-order valence-corrected chi connectivity index (χ3v) is 3.21. The van der Waals surface area contributed by atoms with Crippen molar-refractivity contribution < 1.29 is 5.11 Å². The van der Waals surface area contributed by atoms with Gasteiger partial charge in [0, 0.05) is 17.5 Å². The van der Waals surface area contributed by atoms with Gasteiger partial charge in [0.05, 0.1) is 10.7 Å². The number of rotatable bonds is 4. The summed E-state index contributed by atoms with van der Waals surface area (Å²) in [4.78, 5) is 5.60. The summed E-state index contributed by atoms with van der Waals surface area (Å²) in [5, 5.41) is 13.1. The topological polar surface area (TPSA) is 45.1 Å². The first-order chi connectivity index (χ1) is 6.19. The second kappa shape index (κ2) is 4.69. The number of aromatic nitrogens is 1. The number of thiazole rings is 1. The lowest BCUT2D eigenvalue weighted by Gasteiger charge is -2.12. The maximum absolute atomic E-state index is 8.87. The van der Waals surface area contributed by atoms with Crippen LogP contribution in [0.25, 0.3) is 0 Å². The Morgan fingerprint density at radius 1 is 1.54 bits per heavy atom. The van der Waals surface area contributed by atoms with Crippen molar-refractivity contribution >= 4 is 11.3 Å². The van der Waals surface area contributed by atoms with E-state index in [0.29, 0.717) is 0 Å². The van der Waals surface area contributed by atoms with Gasteiger partial charge in [0.2, 0.25) is 0 Å². The van der Waals surface area contributed by atoms with Crippen LogP contribution in [-0.2, 0) is 0 Å². The van der Waals surface area contributed by atoms with E-state index in [1.807, 2.05) is 20.9 Å². The zero-order valence-electron chi connectivity index (χ0n) is 8.29. The van der Waals surface area contributed by atoms with Crippen molar-refractivity contribution in [3.8, 4) is 0 Å². The fourth-order valence-electron chi connectivity index (χ4n) is 1.41. The van der Waals surface area contributed by atoms with E-state index in [9.17, 15) is 0 Å². The first-order valence-corrected chi connectivity index (χ1v) is 5.22.